The molecule has 1 unspecified atom stereocenters. The van der Waals surface area contributed by atoms with Crippen LogP contribution in [0.1, 0.15) is 70.8 Å². The number of carbonyl (C=O) groups excluding carboxylic acids is 2. The topological polar surface area (TPSA) is 165 Å². The van der Waals surface area contributed by atoms with Gasteiger partial charge in [0.05, 0.1) is 12.8 Å². The second kappa shape index (κ2) is 12.2. The number of phenolic OH excluding ortho intramolecular Hbond substituents is 1. The summed E-state index contributed by atoms with van der Waals surface area (Å²) < 4.78 is 4.81. The minimum atomic E-state index is -1.31. The van der Waals surface area contributed by atoms with Crippen LogP contribution >= 0.6 is 0 Å². The number of amides is 1. The van der Waals surface area contributed by atoms with E-state index in [4.69, 9.17) is 16.0 Å². The first-order valence-corrected chi connectivity index (χ1v) is 15.4. The third-order valence-electron chi connectivity index (χ3n) is 11.3. The highest BCUT2D eigenvalue weighted by atomic mass is 16.8. The number of fused-ring (bicyclic) bond motifs is 5. The number of benzene rings is 1. The number of nitrogens with zero attached hydrogens (tertiary/aromatic N) is 1. The zero-order valence-corrected chi connectivity index (χ0v) is 25.6. The van der Waals surface area contributed by atoms with Crippen LogP contribution in [0.15, 0.2) is 35.0 Å². The van der Waals surface area contributed by atoms with E-state index in [2.05, 4.69) is 36.3 Å². The van der Waals surface area contributed by atoms with Crippen LogP contribution in [0.25, 0.3) is 0 Å². The van der Waals surface area contributed by atoms with Crippen molar-refractivity contribution in [1.29, 1.82) is 0 Å². The maximum atomic E-state index is 12.7. The van der Waals surface area contributed by atoms with E-state index in [1.807, 2.05) is 0 Å². The molecule has 5 rings (SSSR count). The Labute approximate surface area is 257 Å². The van der Waals surface area contributed by atoms with Gasteiger partial charge in [0.2, 0.25) is 5.69 Å². The first-order valence-electron chi connectivity index (χ1n) is 15.4. The molecule has 0 radical (unpaired) electrons. The Balaban J connectivity index is 1.20. The maximum Gasteiger partial charge on any atom is 0.328 e. The molecule has 238 valence electrons. The third-order valence-corrected chi connectivity index (χ3v) is 11.3. The number of hydrogen-bond acceptors (Lipinski definition) is 9. The monoisotopic (exact) mass is 609 g/mol. The lowest BCUT2D eigenvalue weighted by atomic mass is 9.46. The number of quaternary nitrogens is 1. The molecule has 0 saturated heterocycles. The molecule has 0 heterocycles. The van der Waals surface area contributed by atoms with Gasteiger partial charge in [-0.3, -0.25) is 4.79 Å². The molecule has 1 amide bonds. The number of aromatic hydroxyl groups is 1. The summed E-state index contributed by atoms with van der Waals surface area (Å²) in [4.78, 5) is 30.4. The van der Waals surface area contributed by atoms with E-state index in [1.54, 1.807) is 0 Å². The van der Waals surface area contributed by atoms with Crippen molar-refractivity contribution in [3.05, 3.63) is 40.6 Å². The molecule has 4 aliphatic carbocycles. The van der Waals surface area contributed by atoms with E-state index < -0.39 is 41.1 Å². The Morgan fingerprint density at radius 2 is 1.95 bits per heavy atom. The van der Waals surface area contributed by atoms with Crippen LogP contribution in [0.2, 0.25) is 0 Å². The zero-order valence-electron chi connectivity index (χ0n) is 25.6. The average molecular weight is 610 g/mol. The van der Waals surface area contributed by atoms with E-state index in [9.17, 15) is 30.2 Å². The van der Waals surface area contributed by atoms with Crippen molar-refractivity contribution in [2.24, 2.45) is 33.7 Å². The van der Waals surface area contributed by atoms with Gasteiger partial charge in [-0.05, 0) is 92.2 Å². The summed E-state index contributed by atoms with van der Waals surface area (Å²) in [5.41, 5.74) is 1.08. The second-order valence-corrected chi connectivity index (χ2v) is 13.4. The molecule has 5 N–H and O–H groups in total. The molecule has 8 atom stereocenters. The molecule has 11 nitrogen and oxygen atoms in total. The van der Waals surface area contributed by atoms with Crippen molar-refractivity contribution in [2.45, 2.75) is 83.3 Å². The standard InChI is InChI=1S/C33H43N3O8/c1-5-33(40)15-12-25-23-8-7-21-18-22(10-13-31(21,2)24(23)11-14-32(25,33)3)35-44-19-29(38)34-26(30(39)43-4)16-20-6-9-28(37)27(17-20)36(41)42/h1,6,9,17-18,23-26,36-37,40-41H,7-8,10-16,19H2,2-4H3,(H,34,38)/t23-,24-,25+,26+,31-,32+,33+/m0/s1. The number of oxime groups is 1. The summed E-state index contributed by atoms with van der Waals surface area (Å²) in [5, 5.41) is 47.1. The molecule has 3 saturated carbocycles. The summed E-state index contributed by atoms with van der Waals surface area (Å²) in [7, 11) is 1.19. The SMILES string of the molecule is C#C[C@@]1(O)CC[C@@H]2[C@H]3CCC4=CC(=NOCC(=O)N[C@H](Cc5ccc(O)c([NH+]([O-])O)c5)C(=O)OC)CC[C@]4(C)[C@H]3CC[C@]21C. The van der Waals surface area contributed by atoms with Gasteiger partial charge in [0.15, 0.2) is 12.4 Å². The molecule has 1 aromatic rings. The van der Waals surface area contributed by atoms with Crippen molar-refractivity contribution < 1.29 is 39.8 Å². The summed E-state index contributed by atoms with van der Waals surface area (Å²) in [5.74, 6) is 2.57. The van der Waals surface area contributed by atoms with Gasteiger partial charge in [-0.1, -0.05) is 36.6 Å². The number of carbonyl (C=O) groups is 2. The quantitative estimate of drug-likeness (QED) is 0.130. The Bertz CT molecular complexity index is 1400. The first kappa shape index (κ1) is 32.0. The number of aliphatic hydroxyl groups is 1. The molecular weight excluding hydrogens is 566 g/mol. The van der Waals surface area contributed by atoms with Gasteiger partial charge in [0.25, 0.3) is 5.91 Å². The Morgan fingerprint density at radius 1 is 1.20 bits per heavy atom. The highest BCUT2D eigenvalue weighted by Gasteiger charge is 2.63. The first-order chi connectivity index (χ1) is 20.8. The summed E-state index contributed by atoms with van der Waals surface area (Å²) in [6.45, 7) is 4.16. The van der Waals surface area contributed by atoms with Gasteiger partial charge in [0.1, 0.15) is 11.6 Å². The fourth-order valence-electron chi connectivity index (χ4n) is 8.76. The van der Waals surface area contributed by atoms with Crippen LogP contribution in [0, 0.1) is 46.1 Å². The van der Waals surface area contributed by atoms with Crippen molar-refractivity contribution in [2.75, 3.05) is 13.7 Å². The molecular formula is C33H43N3O8. The lowest BCUT2D eigenvalue weighted by molar-refractivity contribution is -0.991. The number of esters is 1. The maximum absolute atomic E-state index is 12.7. The van der Waals surface area contributed by atoms with Gasteiger partial charge in [0, 0.05) is 17.9 Å². The van der Waals surface area contributed by atoms with Crippen molar-refractivity contribution >= 4 is 23.3 Å². The third kappa shape index (κ3) is 5.60. The van der Waals surface area contributed by atoms with E-state index in [0.717, 1.165) is 50.7 Å². The van der Waals surface area contributed by atoms with Gasteiger partial charge in [-0.25, -0.2) is 10.0 Å². The smallest absolute Gasteiger partial charge is 0.328 e. The van der Waals surface area contributed by atoms with E-state index in [0.29, 0.717) is 29.7 Å². The number of terminal acetylenes is 1. The van der Waals surface area contributed by atoms with E-state index >= 15 is 0 Å². The van der Waals surface area contributed by atoms with Gasteiger partial charge >= 0.3 is 5.97 Å². The number of methoxy groups -OCH3 is 1. The van der Waals surface area contributed by atoms with Crippen LogP contribution in [-0.2, 0) is 25.6 Å². The van der Waals surface area contributed by atoms with E-state index in [-0.39, 0.29) is 22.9 Å². The number of ether oxygens (including phenoxy) is 1. The summed E-state index contributed by atoms with van der Waals surface area (Å²) >= 11 is 0. The highest BCUT2D eigenvalue weighted by Crippen LogP contribution is 2.67. The van der Waals surface area contributed by atoms with Crippen LogP contribution in [-0.4, -0.2) is 58.4 Å². The summed E-state index contributed by atoms with van der Waals surface area (Å²) in [6.07, 6.45) is 15.2. The largest absolute Gasteiger partial charge is 0.595 e. The molecule has 1 aromatic carbocycles. The minimum absolute atomic E-state index is 0.0393. The van der Waals surface area contributed by atoms with Crippen LogP contribution in [0.4, 0.5) is 5.69 Å². The molecule has 44 heavy (non-hydrogen) atoms. The van der Waals surface area contributed by atoms with E-state index in [1.165, 1.54) is 30.9 Å². The van der Waals surface area contributed by atoms with Crippen molar-refractivity contribution in [3.8, 4) is 18.1 Å². The predicted molar refractivity (Wildman–Crippen MR) is 160 cm³/mol. The second-order valence-electron chi connectivity index (χ2n) is 13.4. The fourth-order valence-corrected chi connectivity index (χ4v) is 8.76. The Kier molecular flexibility index (Phi) is 8.84. The summed E-state index contributed by atoms with van der Waals surface area (Å²) in [6, 6.07) is 2.86. The number of hydrogen-bond donors (Lipinski definition) is 5. The van der Waals surface area contributed by atoms with Gasteiger partial charge < -0.3 is 30.3 Å². The Morgan fingerprint density at radius 3 is 2.66 bits per heavy atom. The number of rotatable bonds is 8. The van der Waals surface area contributed by atoms with Crippen LogP contribution in [0.5, 0.6) is 5.75 Å². The average Bonchev–Trinajstić information content (AvgIpc) is 3.27. The molecule has 0 aromatic heterocycles. The molecule has 0 aliphatic heterocycles. The number of allylic oxidation sites excluding steroid dienone is 2. The van der Waals surface area contributed by atoms with Crippen molar-refractivity contribution in [3.63, 3.8) is 0 Å². The van der Waals surface area contributed by atoms with Crippen LogP contribution < -0.4 is 10.5 Å². The molecule has 0 bridgehead atoms. The molecule has 11 heteroatoms. The zero-order chi connectivity index (χ0) is 31.9. The predicted octanol–water partition coefficient (Wildman–Crippen LogP) is 2.70. The molecule has 4 aliphatic rings. The highest BCUT2D eigenvalue weighted by molar-refractivity contribution is 5.96. The molecule has 0 spiro atoms. The Hall–Kier alpha value is -3.43. The van der Waals surface area contributed by atoms with Crippen LogP contribution in [0.3, 0.4) is 0 Å². The fraction of sp³-hybridized carbons (Fsp3) is 0.606. The lowest BCUT2D eigenvalue weighted by Gasteiger charge is -2.58. The lowest BCUT2D eigenvalue weighted by Crippen LogP contribution is -2.99. The minimum Gasteiger partial charge on any atom is -0.595 e. The van der Waals surface area contributed by atoms with Gasteiger partial charge in [-0.2, -0.15) is 5.23 Å². The number of nitrogens with one attached hydrogen (secondary N) is 2. The van der Waals surface area contributed by atoms with Crippen molar-refractivity contribution in [1.82, 2.24) is 5.32 Å². The van der Waals surface area contributed by atoms with Gasteiger partial charge in [-0.15, -0.1) is 6.42 Å². The number of phenols is 1. The normalized spacial score (nSPS) is 34.8. The molecule has 3 fully saturated rings.